The molecule has 80 valence electrons. The second-order valence-electron chi connectivity index (χ2n) is 3.54. The van der Waals surface area contributed by atoms with Gasteiger partial charge in [-0.3, -0.25) is 0 Å². The van der Waals surface area contributed by atoms with Gasteiger partial charge in [0.25, 0.3) is 0 Å². The third-order valence-electron chi connectivity index (χ3n) is 2.25. The first-order chi connectivity index (χ1) is 6.35. The summed E-state index contributed by atoms with van der Waals surface area (Å²) in [6.07, 6.45) is 6.56. The van der Waals surface area contributed by atoms with Crippen molar-refractivity contribution in [2.24, 2.45) is 0 Å². The number of nitrogens with one attached hydrogen (secondary N) is 1. The first-order valence-electron chi connectivity index (χ1n) is 5.58. The molecule has 0 aromatic rings. The number of rotatable bonds is 9. The molecule has 1 N–H and O–H groups in total. The Bertz CT molecular complexity index is 96.1. The van der Waals surface area contributed by atoms with E-state index < -0.39 is 0 Å². The Labute approximate surface area is 83.1 Å². The third-order valence-corrected chi connectivity index (χ3v) is 2.25. The lowest BCUT2D eigenvalue weighted by Crippen LogP contribution is -2.18. The Balaban J connectivity index is 3.17. The molecule has 2 heteroatoms. The molecular weight excluding hydrogens is 162 g/mol. The van der Waals surface area contributed by atoms with E-state index in [0.29, 0.717) is 6.10 Å². The second kappa shape index (κ2) is 10.0. The van der Waals surface area contributed by atoms with Crippen LogP contribution in [0.15, 0.2) is 0 Å². The van der Waals surface area contributed by atoms with Crippen molar-refractivity contribution in [1.82, 2.24) is 5.32 Å². The summed E-state index contributed by atoms with van der Waals surface area (Å²) in [7, 11) is 1.82. The van der Waals surface area contributed by atoms with Crippen molar-refractivity contribution in [3.8, 4) is 0 Å². The van der Waals surface area contributed by atoms with Gasteiger partial charge in [-0.15, -0.1) is 0 Å². The zero-order valence-corrected chi connectivity index (χ0v) is 9.44. The summed E-state index contributed by atoms with van der Waals surface area (Å²) in [4.78, 5) is 0. The fraction of sp³-hybridized carbons (Fsp3) is 1.00. The fourth-order valence-electron chi connectivity index (χ4n) is 1.46. The van der Waals surface area contributed by atoms with Gasteiger partial charge in [0, 0.05) is 7.11 Å². The highest BCUT2D eigenvalue weighted by atomic mass is 16.5. The molecule has 2 nitrogen and oxygen atoms in total. The number of hydrogen-bond donors (Lipinski definition) is 1. The summed E-state index contributed by atoms with van der Waals surface area (Å²) in [5.74, 6) is 0. The second-order valence-corrected chi connectivity index (χ2v) is 3.54. The van der Waals surface area contributed by atoms with Crippen molar-refractivity contribution in [1.29, 1.82) is 0 Å². The highest BCUT2D eigenvalue weighted by Crippen LogP contribution is 2.07. The highest BCUT2D eigenvalue weighted by molar-refractivity contribution is 4.58. The Morgan fingerprint density at radius 3 is 2.38 bits per heavy atom. The monoisotopic (exact) mass is 187 g/mol. The van der Waals surface area contributed by atoms with Crippen LogP contribution in [-0.4, -0.2) is 26.3 Å². The molecule has 0 heterocycles. The molecule has 0 unspecified atom stereocenters. The van der Waals surface area contributed by atoms with Crippen molar-refractivity contribution in [3.63, 3.8) is 0 Å². The highest BCUT2D eigenvalue weighted by Gasteiger charge is 2.04. The number of ether oxygens (including phenoxy) is 1. The van der Waals surface area contributed by atoms with Gasteiger partial charge in [0.2, 0.25) is 0 Å². The van der Waals surface area contributed by atoms with Gasteiger partial charge in [-0.05, 0) is 38.8 Å². The number of hydrogen-bond acceptors (Lipinski definition) is 2. The third kappa shape index (κ3) is 8.26. The van der Waals surface area contributed by atoms with Crippen LogP contribution in [0.25, 0.3) is 0 Å². The fourth-order valence-corrected chi connectivity index (χ4v) is 1.46. The van der Waals surface area contributed by atoms with Crippen LogP contribution in [0, 0.1) is 0 Å². The Morgan fingerprint density at radius 1 is 1.08 bits per heavy atom. The minimum atomic E-state index is 0.480. The quantitative estimate of drug-likeness (QED) is 0.560. The van der Waals surface area contributed by atoms with Gasteiger partial charge in [0.05, 0.1) is 6.10 Å². The largest absolute Gasteiger partial charge is 0.381 e. The van der Waals surface area contributed by atoms with Crippen LogP contribution in [0.5, 0.6) is 0 Å². The van der Waals surface area contributed by atoms with E-state index in [2.05, 4.69) is 19.2 Å². The first-order valence-corrected chi connectivity index (χ1v) is 5.58. The molecule has 0 aliphatic rings. The van der Waals surface area contributed by atoms with Gasteiger partial charge in [-0.25, -0.2) is 0 Å². The van der Waals surface area contributed by atoms with E-state index in [1.165, 1.54) is 32.1 Å². The topological polar surface area (TPSA) is 21.3 Å². The Morgan fingerprint density at radius 2 is 1.85 bits per heavy atom. The molecule has 0 spiro atoms. The molecule has 0 amide bonds. The van der Waals surface area contributed by atoms with Crippen LogP contribution in [0.1, 0.15) is 46.0 Å². The Hall–Kier alpha value is -0.0800. The molecule has 0 rings (SSSR count). The van der Waals surface area contributed by atoms with Gasteiger partial charge in [0.15, 0.2) is 0 Å². The van der Waals surface area contributed by atoms with E-state index in [0.717, 1.165) is 13.1 Å². The SMILES string of the molecule is CCCNCCC[C@@H](CCC)OC. The van der Waals surface area contributed by atoms with Crippen LogP contribution in [0.2, 0.25) is 0 Å². The molecule has 0 aromatic heterocycles. The predicted octanol–water partition coefficient (Wildman–Crippen LogP) is 2.58. The number of methoxy groups -OCH3 is 1. The van der Waals surface area contributed by atoms with E-state index >= 15 is 0 Å². The minimum absolute atomic E-state index is 0.480. The van der Waals surface area contributed by atoms with E-state index in [1.807, 2.05) is 7.11 Å². The summed E-state index contributed by atoms with van der Waals surface area (Å²) in [6.45, 7) is 6.69. The van der Waals surface area contributed by atoms with Crippen molar-refractivity contribution in [2.45, 2.75) is 52.1 Å². The molecule has 0 radical (unpaired) electrons. The summed E-state index contributed by atoms with van der Waals surface area (Å²) >= 11 is 0. The normalized spacial score (nSPS) is 13.2. The lowest BCUT2D eigenvalue weighted by molar-refractivity contribution is 0.0856. The molecule has 13 heavy (non-hydrogen) atoms. The molecule has 0 saturated carbocycles. The van der Waals surface area contributed by atoms with Gasteiger partial charge in [0.1, 0.15) is 0 Å². The Kier molecular flexibility index (Phi) is 9.94. The smallest absolute Gasteiger partial charge is 0.0571 e. The lowest BCUT2D eigenvalue weighted by Gasteiger charge is -2.13. The standard InChI is InChI=1S/C11H25NO/c1-4-7-11(13-3)8-6-10-12-9-5-2/h11-12H,4-10H2,1-3H3/t11-/m1/s1. The van der Waals surface area contributed by atoms with Crippen LogP contribution < -0.4 is 5.32 Å². The van der Waals surface area contributed by atoms with Crippen LogP contribution in [0.4, 0.5) is 0 Å². The summed E-state index contributed by atoms with van der Waals surface area (Å²) in [6, 6.07) is 0. The average Bonchev–Trinajstić information content (AvgIpc) is 2.16. The van der Waals surface area contributed by atoms with E-state index in [1.54, 1.807) is 0 Å². The summed E-state index contributed by atoms with van der Waals surface area (Å²) in [5, 5.41) is 3.40. The van der Waals surface area contributed by atoms with E-state index in [9.17, 15) is 0 Å². The van der Waals surface area contributed by atoms with Gasteiger partial charge in [-0.1, -0.05) is 20.3 Å². The predicted molar refractivity (Wildman–Crippen MR) is 58.1 cm³/mol. The van der Waals surface area contributed by atoms with E-state index in [-0.39, 0.29) is 0 Å². The summed E-state index contributed by atoms with van der Waals surface area (Å²) < 4.78 is 5.37. The van der Waals surface area contributed by atoms with E-state index in [4.69, 9.17) is 4.74 Å². The zero-order valence-electron chi connectivity index (χ0n) is 9.44. The first kappa shape index (κ1) is 12.9. The summed E-state index contributed by atoms with van der Waals surface area (Å²) in [5.41, 5.74) is 0. The molecule has 1 atom stereocenters. The van der Waals surface area contributed by atoms with Gasteiger partial charge in [-0.2, -0.15) is 0 Å². The molecule has 0 bridgehead atoms. The minimum Gasteiger partial charge on any atom is -0.381 e. The van der Waals surface area contributed by atoms with Crippen LogP contribution >= 0.6 is 0 Å². The molecule has 0 aliphatic carbocycles. The van der Waals surface area contributed by atoms with Crippen molar-refractivity contribution < 1.29 is 4.74 Å². The maximum atomic E-state index is 5.37. The van der Waals surface area contributed by atoms with Crippen molar-refractivity contribution in [2.75, 3.05) is 20.2 Å². The molecular formula is C11H25NO. The van der Waals surface area contributed by atoms with Crippen molar-refractivity contribution >= 4 is 0 Å². The van der Waals surface area contributed by atoms with Gasteiger partial charge < -0.3 is 10.1 Å². The molecule has 0 fully saturated rings. The van der Waals surface area contributed by atoms with Gasteiger partial charge >= 0.3 is 0 Å². The maximum absolute atomic E-state index is 5.37. The maximum Gasteiger partial charge on any atom is 0.0571 e. The van der Waals surface area contributed by atoms with Crippen molar-refractivity contribution in [3.05, 3.63) is 0 Å². The lowest BCUT2D eigenvalue weighted by atomic mass is 10.1. The average molecular weight is 187 g/mol. The molecule has 0 aliphatic heterocycles. The van der Waals surface area contributed by atoms with Crippen LogP contribution in [0.3, 0.4) is 0 Å². The zero-order chi connectivity index (χ0) is 9.94. The van der Waals surface area contributed by atoms with Crippen LogP contribution in [-0.2, 0) is 4.74 Å². The molecule has 0 aromatic carbocycles. The molecule has 0 saturated heterocycles.